The summed E-state index contributed by atoms with van der Waals surface area (Å²) in [7, 11) is 0. The van der Waals surface area contributed by atoms with Crippen LogP contribution in [-0.4, -0.2) is 32.6 Å². The van der Waals surface area contributed by atoms with Crippen LogP contribution in [0.15, 0.2) is 41.0 Å². The number of aliphatic carboxylic acids is 1. The van der Waals surface area contributed by atoms with E-state index in [1.807, 2.05) is 18.2 Å². The van der Waals surface area contributed by atoms with Crippen LogP contribution in [0, 0.1) is 5.92 Å². The maximum absolute atomic E-state index is 13.0. The zero-order chi connectivity index (χ0) is 24.0. The lowest BCUT2D eigenvalue weighted by Gasteiger charge is -2.20. The predicted octanol–water partition coefficient (Wildman–Crippen LogP) is 5.59. The standard InChI is InChI=1S/C26H35N3O4/c1-5-17(4)13-19(15-25(30)31)27-26(32)18-10-11-23-22(14-18)28-24(16-21-9-8-12-33-21)29(23)20(6-2)7-3/h8-12,14,17,19-20H,5-7,13,15-16H2,1-4H3,(H,27,32)(H,30,31)/t17?,19-/m0/s1. The zero-order valence-corrected chi connectivity index (χ0v) is 20.0. The van der Waals surface area contributed by atoms with Gasteiger partial charge in [-0.2, -0.15) is 0 Å². The molecule has 0 saturated carbocycles. The van der Waals surface area contributed by atoms with Gasteiger partial charge in [0.25, 0.3) is 5.91 Å². The first-order valence-corrected chi connectivity index (χ1v) is 11.9. The van der Waals surface area contributed by atoms with Gasteiger partial charge in [0.1, 0.15) is 11.6 Å². The first-order valence-electron chi connectivity index (χ1n) is 11.9. The van der Waals surface area contributed by atoms with Crippen LogP contribution in [0.3, 0.4) is 0 Å². The Bertz CT molecular complexity index is 1070. The number of furan rings is 1. The van der Waals surface area contributed by atoms with Gasteiger partial charge in [0.05, 0.1) is 30.1 Å². The summed E-state index contributed by atoms with van der Waals surface area (Å²) < 4.78 is 7.81. The van der Waals surface area contributed by atoms with Crippen molar-refractivity contribution in [3.8, 4) is 0 Å². The van der Waals surface area contributed by atoms with Gasteiger partial charge in [-0.15, -0.1) is 0 Å². The number of nitrogens with one attached hydrogen (secondary N) is 1. The Kier molecular flexibility index (Phi) is 8.31. The maximum Gasteiger partial charge on any atom is 0.305 e. The van der Waals surface area contributed by atoms with Gasteiger partial charge in [-0.25, -0.2) is 4.98 Å². The van der Waals surface area contributed by atoms with Crippen LogP contribution >= 0.6 is 0 Å². The fourth-order valence-electron chi connectivity index (χ4n) is 4.37. The number of aromatic nitrogens is 2. The molecule has 1 aromatic carbocycles. The van der Waals surface area contributed by atoms with Crippen LogP contribution in [0.25, 0.3) is 11.0 Å². The number of nitrogens with zero attached hydrogens (tertiary/aromatic N) is 2. The van der Waals surface area contributed by atoms with Gasteiger partial charge in [0.15, 0.2) is 0 Å². The highest BCUT2D eigenvalue weighted by molar-refractivity contribution is 5.97. The number of hydrogen-bond donors (Lipinski definition) is 2. The van der Waals surface area contributed by atoms with Gasteiger partial charge >= 0.3 is 5.97 Å². The van der Waals surface area contributed by atoms with E-state index in [0.717, 1.165) is 41.9 Å². The van der Waals surface area contributed by atoms with E-state index in [1.54, 1.807) is 18.4 Å². The van der Waals surface area contributed by atoms with E-state index in [4.69, 9.17) is 9.40 Å². The molecule has 0 aliphatic heterocycles. The molecule has 178 valence electrons. The minimum Gasteiger partial charge on any atom is -0.481 e. The summed E-state index contributed by atoms with van der Waals surface area (Å²) in [6, 6.07) is 9.26. The van der Waals surface area contributed by atoms with E-state index in [1.165, 1.54) is 0 Å². The van der Waals surface area contributed by atoms with Crippen molar-refractivity contribution >= 4 is 22.9 Å². The normalized spacial score (nSPS) is 13.4. The monoisotopic (exact) mass is 453 g/mol. The number of fused-ring (bicyclic) bond motifs is 1. The molecule has 7 heteroatoms. The SMILES string of the molecule is CCC(C)C[C@@H](CC(=O)O)NC(=O)c1ccc2c(c1)nc(Cc1ccco1)n2C(CC)CC. The molecule has 33 heavy (non-hydrogen) atoms. The fourth-order valence-corrected chi connectivity index (χ4v) is 4.37. The summed E-state index contributed by atoms with van der Waals surface area (Å²) in [5.74, 6) is 0.905. The molecule has 0 radical (unpaired) electrons. The molecule has 2 atom stereocenters. The Morgan fingerprint density at radius 2 is 1.91 bits per heavy atom. The lowest BCUT2D eigenvalue weighted by Crippen LogP contribution is -2.37. The molecule has 2 aromatic heterocycles. The topological polar surface area (TPSA) is 97.4 Å². The number of amides is 1. The Morgan fingerprint density at radius 3 is 2.52 bits per heavy atom. The smallest absolute Gasteiger partial charge is 0.305 e. The van der Waals surface area contributed by atoms with Crippen molar-refractivity contribution in [2.24, 2.45) is 5.92 Å². The van der Waals surface area contributed by atoms with E-state index in [-0.39, 0.29) is 12.3 Å². The van der Waals surface area contributed by atoms with E-state index < -0.39 is 12.0 Å². The number of carboxylic acids is 1. The van der Waals surface area contributed by atoms with Crippen molar-refractivity contribution in [3.63, 3.8) is 0 Å². The van der Waals surface area contributed by atoms with Crippen molar-refractivity contribution < 1.29 is 19.1 Å². The minimum atomic E-state index is -0.912. The zero-order valence-electron chi connectivity index (χ0n) is 20.0. The lowest BCUT2D eigenvalue weighted by molar-refractivity contribution is -0.137. The summed E-state index contributed by atoms with van der Waals surface area (Å²) in [4.78, 5) is 29.1. The molecule has 3 rings (SSSR count). The van der Waals surface area contributed by atoms with E-state index in [2.05, 4.69) is 37.6 Å². The van der Waals surface area contributed by atoms with Crippen LogP contribution in [0.5, 0.6) is 0 Å². The maximum atomic E-state index is 13.0. The Morgan fingerprint density at radius 1 is 1.15 bits per heavy atom. The molecule has 1 amide bonds. The minimum absolute atomic E-state index is 0.0884. The van der Waals surface area contributed by atoms with Crippen molar-refractivity contribution in [1.29, 1.82) is 0 Å². The molecular formula is C26H35N3O4. The van der Waals surface area contributed by atoms with Crippen LogP contribution in [0.2, 0.25) is 0 Å². The van der Waals surface area contributed by atoms with Crippen molar-refractivity contribution in [2.75, 3.05) is 0 Å². The van der Waals surface area contributed by atoms with Gasteiger partial charge in [-0.3, -0.25) is 9.59 Å². The molecule has 0 aliphatic carbocycles. The van der Waals surface area contributed by atoms with Gasteiger partial charge in [-0.1, -0.05) is 34.1 Å². The first kappa shape index (κ1) is 24.6. The molecule has 7 nitrogen and oxygen atoms in total. The largest absolute Gasteiger partial charge is 0.481 e. The Hall–Kier alpha value is -3.09. The molecule has 0 bridgehead atoms. The average Bonchev–Trinajstić information content (AvgIpc) is 3.42. The molecule has 0 saturated heterocycles. The lowest BCUT2D eigenvalue weighted by atomic mass is 9.97. The van der Waals surface area contributed by atoms with Crippen molar-refractivity contribution in [2.45, 2.75) is 78.3 Å². The molecule has 2 heterocycles. The second kappa shape index (κ2) is 11.2. The molecule has 2 N–H and O–H groups in total. The van der Waals surface area contributed by atoms with Gasteiger partial charge in [-0.05, 0) is 55.5 Å². The van der Waals surface area contributed by atoms with E-state index in [0.29, 0.717) is 30.4 Å². The molecule has 0 fully saturated rings. The van der Waals surface area contributed by atoms with E-state index in [9.17, 15) is 14.7 Å². The second-order valence-corrected chi connectivity index (χ2v) is 8.85. The average molecular weight is 454 g/mol. The first-order chi connectivity index (χ1) is 15.9. The third-order valence-corrected chi connectivity index (χ3v) is 6.38. The third-order valence-electron chi connectivity index (χ3n) is 6.38. The summed E-state index contributed by atoms with van der Waals surface area (Å²) >= 11 is 0. The fraction of sp³-hybridized carbons (Fsp3) is 0.500. The van der Waals surface area contributed by atoms with Crippen LogP contribution in [0.4, 0.5) is 0 Å². The van der Waals surface area contributed by atoms with Crippen molar-refractivity contribution in [1.82, 2.24) is 14.9 Å². The summed E-state index contributed by atoms with van der Waals surface area (Å²) in [6.07, 6.45) is 5.67. The molecular weight excluding hydrogens is 418 g/mol. The van der Waals surface area contributed by atoms with Crippen molar-refractivity contribution in [3.05, 3.63) is 53.7 Å². The summed E-state index contributed by atoms with van der Waals surface area (Å²) in [6.45, 7) is 8.46. The Labute approximate surface area is 195 Å². The van der Waals surface area contributed by atoms with Crippen LogP contribution < -0.4 is 5.32 Å². The number of carboxylic acid groups (broad SMARTS) is 1. The molecule has 0 spiro atoms. The number of carbonyl (C=O) groups excluding carboxylic acids is 1. The molecule has 0 aliphatic rings. The number of hydrogen-bond acceptors (Lipinski definition) is 4. The van der Waals surface area contributed by atoms with Gasteiger partial charge < -0.3 is 19.4 Å². The number of carbonyl (C=O) groups is 2. The Balaban J connectivity index is 1.91. The number of benzene rings is 1. The highest BCUT2D eigenvalue weighted by Crippen LogP contribution is 2.28. The third kappa shape index (κ3) is 6.03. The summed E-state index contributed by atoms with van der Waals surface area (Å²) in [5, 5.41) is 12.2. The molecule has 3 aromatic rings. The highest BCUT2D eigenvalue weighted by atomic mass is 16.4. The van der Waals surface area contributed by atoms with Gasteiger partial charge in [0, 0.05) is 17.6 Å². The van der Waals surface area contributed by atoms with Gasteiger partial charge in [0.2, 0.25) is 0 Å². The quantitative estimate of drug-likeness (QED) is 0.372. The predicted molar refractivity (Wildman–Crippen MR) is 128 cm³/mol. The molecule has 1 unspecified atom stereocenters. The van der Waals surface area contributed by atoms with Crippen LogP contribution in [0.1, 0.15) is 87.8 Å². The second-order valence-electron chi connectivity index (χ2n) is 8.85. The van der Waals surface area contributed by atoms with Crippen LogP contribution in [-0.2, 0) is 11.2 Å². The van der Waals surface area contributed by atoms with E-state index >= 15 is 0 Å². The highest BCUT2D eigenvalue weighted by Gasteiger charge is 2.22. The number of imidazole rings is 1. The summed E-state index contributed by atoms with van der Waals surface area (Å²) in [5.41, 5.74) is 2.23. The number of rotatable bonds is 12.